The van der Waals surface area contributed by atoms with Gasteiger partial charge in [0.05, 0.1) is 14.2 Å². The van der Waals surface area contributed by atoms with Gasteiger partial charge in [-0.25, -0.2) is 0 Å². The maximum atomic E-state index is 12.6. The molecule has 1 unspecified atom stereocenters. The number of allylic oxidation sites excluding steroid dienone is 2. The zero-order chi connectivity index (χ0) is 16.1. The Morgan fingerprint density at radius 1 is 1.00 bits per heavy atom. The largest absolute Gasteiger partial charge is 0.497 e. The van der Waals surface area contributed by atoms with Gasteiger partial charge in [0.25, 0.3) is 0 Å². The Labute approximate surface area is 130 Å². The Morgan fingerprint density at radius 2 is 1.64 bits per heavy atom. The van der Waals surface area contributed by atoms with Crippen molar-refractivity contribution in [2.24, 2.45) is 17.3 Å². The molecule has 2 aliphatic carbocycles. The summed E-state index contributed by atoms with van der Waals surface area (Å²) in [6, 6.07) is 7.75. The van der Waals surface area contributed by atoms with Crippen LogP contribution in [0, 0.1) is 17.3 Å². The summed E-state index contributed by atoms with van der Waals surface area (Å²) in [7, 11) is 3.06. The fraction of sp³-hybridized carbons (Fsp3) is 0.444. The van der Waals surface area contributed by atoms with Crippen LogP contribution in [0.15, 0.2) is 36.1 Å². The topological polar surface area (TPSA) is 52.6 Å². The second-order valence-corrected chi connectivity index (χ2v) is 6.31. The van der Waals surface area contributed by atoms with E-state index in [1.807, 2.05) is 38.1 Å². The summed E-state index contributed by atoms with van der Waals surface area (Å²) in [5.74, 6) is 0.738. The number of Topliss-reactive ketones (excluding diaryl/α,β-unsaturated/α-hetero) is 1. The maximum Gasteiger partial charge on any atom is 0.201 e. The SMILES string of the molecule is COC1=CC(=O)[C@]2(C)C(C1=O)[C@H](C)[C@H]2c1ccc(OC)cc1. The lowest BCUT2D eigenvalue weighted by Crippen LogP contribution is -2.61. The number of hydrogen-bond acceptors (Lipinski definition) is 4. The molecule has 0 amide bonds. The third kappa shape index (κ3) is 1.76. The molecule has 4 nitrogen and oxygen atoms in total. The van der Waals surface area contributed by atoms with Crippen LogP contribution in [-0.4, -0.2) is 25.8 Å². The number of rotatable bonds is 3. The van der Waals surface area contributed by atoms with Gasteiger partial charge in [-0.1, -0.05) is 26.0 Å². The number of ketones is 2. The van der Waals surface area contributed by atoms with Gasteiger partial charge in [-0.2, -0.15) is 0 Å². The summed E-state index contributed by atoms with van der Waals surface area (Å²) in [5, 5.41) is 0. The van der Waals surface area contributed by atoms with Crippen LogP contribution in [0.2, 0.25) is 0 Å². The van der Waals surface area contributed by atoms with E-state index in [0.29, 0.717) is 0 Å². The van der Waals surface area contributed by atoms with Crippen LogP contribution in [0.1, 0.15) is 25.3 Å². The molecule has 0 bridgehead atoms. The van der Waals surface area contributed by atoms with Gasteiger partial charge < -0.3 is 9.47 Å². The van der Waals surface area contributed by atoms with Crippen LogP contribution in [0.4, 0.5) is 0 Å². The lowest BCUT2D eigenvalue weighted by molar-refractivity contribution is -0.158. The third-order valence-electron chi connectivity index (χ3n) is 5.36. The minimum atomic E-state index is -0.673. The molecule has 1 aromatic carbocycles. The van der Waals surface area contributed by atoms with Gasteiger partial charge in [-0.15, -0.1) is 0 Å². The zero-order valence-corrected chi connectivity index (χ0v) is 13.3. The fourth-order valence-electron chi connectivity index (χ4n) is 4.30. The third-order valence-corrected chi connectivity index (χ3v) is 5.36. The molecule has 1 fully saturated rings. The van der Waals surface area contributed by atoms with E-state index in [9.17, 15) is 9.59 Å². The second-order valence-electron chi connectivity index (χ2n) is 6.31. The summed E-state index contributed by atoms with van der Waals surface area (Å²) in [6.07, 6.45) is 1.36. The number of benzene rings is 1. The molecule has 0 saturated heterocycles. The zero-order valence-electron chi connectivity index (χ0n) is 13.3. The Hall–Kier alpha value is -2.10. The summed E-state index contributed by atoms with van der Waals surface area (Å²) in [6.45, 7) is 3.93. The first-order valence-electron chi connectivity index (χ1n) is 7.43. The van der Waals surface area contributed by atoms with Crippen molar-refractivity contribution in [2.75, 3.05) is 14.2 Å². The molecule has 4 heteroatoms. The summed E-state index contributed by atoms with van der Waals surface area (Å²) >= 11 is 0. The minimum Gasteiger partial charge on any atom is -0.497 e. The molecule has 22 heavy (non-hydrogen) atoms. The van der Waals surface area contributed by atoms with Crippen LogP contribution in [0.3, 0.4) is 0 Å². The van der Waals surface area contributed by atoms with E-state index < -0.39 is 5.41 Å². The molecule has 0 N–H and O–H groups in total. The lowest BCUT2D eigenvalue weighted by atomic mass is 9.42. The Morgan fingerprint density at radius 3 is 2.18 bits per heavy atom. The molecule has 1 saturated carbocycles. The molecule has 0 aliphatic heterocycles. The van der Waals surface area contributed by atoms with E-state index in [-0.39, 0.29) is 35.1 Å². The van der Waals surface area contributed by atoms with Gasteiger partial charge in [-0.3, -0.25) is 9.59 Å². The highest BCUT2D eigenvalue weighted by Crippen LogP contribution is 2.63. The Bertz CT molecular complexity index is 658. The molecule has 0 aromatic heterocycles. The van der Waals surface area contributed by atoms with Gasteiger partial charge in [0.2, 0.25) is 5.78 Å². The molecule has 1 aromatic rings. The first-order valence-corrected chi connectivity index (χ1v) is 7.43. The average molecular weight is 300 g/mol. The minimum absolute atomic E-state index is 0.0205. The standard InChI is InChI=1S/C18H20O4/c1-10-15(11-5-7-12(21-3)8-6-11)18(2)14(19)9-13(22-4)17(20)16(10)18/h5-10,15-16H,1-4H3/t10-,15+,16?,18+/m1/s1. The van der Waals surface area contributed by atoms with E-state index in [2.05, 4.69) is 0 Å². The van der Waals surface area contributed by atoms with Crippen molar-refractivity contribution in [2.45, 2.75) is 19.8 Å². The maximum absolute atomic E-state index is 12.6. The van der Waals surface area contributed by atoms with Gasteiger partial charge in [0.15, 0.2) is 11.5 Å². The number of methoxy groups -OCH3 is 2. The number of ether oxygens (including phenoxy) is 2. The highest BCUT2D eigenvalue weighted by atomic mass is 16.5. The first kappa shape index (κ1) is 14.8. The molecule has 0 spiro atoms. The highest BCUT2D eigenvalue weighted by Gasteiger charge is 2.65. The molecule has 4 atom stereocenters. The Kier molecular flexibility index (Phi) is 3.35. The quantitative estimate of drug-likeness (QED) is 0.861. The van der Waals surface area contributed by atoms with Gasteiger partial charge in [-0.05, 0) is 23.6 Å². The molecular formula is C18H20O4. The first-order chi connectivity index (χ1) is 10.4. The smallest absolute Gasteiger partial charge is 0.201 e. The predicted molar refractivity (Wildman–Crippen MR) is 81.6 cm³/mol. The van der Waals surface area contributed by atoms with E-state index in [0.717, 1.165) is 11.3 Å². The van der Waals surface area contributed by atoms with Crippen molar-refractivity contribution < 1.29 is 19.1 Å². The lowest BCUT2D eigenvalue weighted by Gasteiger charge is -2.58. The molecule has 3 rings (SSSR count). The highest BCUT2D eigenvalue weighted by molar-refractivity contribution is 6.13. The van der Waals surface area contributed by atoms with Crippen molar-refractivity contribution in [3.63, 3.8) is 0 Å². The van der Waals surface area contributed by atoms with Crippen molar-refractivity contribution in [1.82, 2.24) is 0 Å². The van der Waals surface area contributed by atoms with Crippen molar-refractivity contribution in [3.05, 3.63) is 41.7 Å². The Balaban J connectivity index is 2.00. The van der Waals surface area contributed by atoms with Gasteiger partial charge >= 0.3 is 0 Å². The summed E-state index contributed by atoms with van der Waals surface area (Å²) in [4.78, 5) is 25.1. The molecule has 0 heterocycles. The fourth-order valence-corrected chi connectivity index (χ4v) is 4.30. The summed E-state index contributed by atoms with van der Waals surface area (Å²) in [5.41, 5.74) is 0.398. The van der Waals surface area contributed by atoms with E-state index in [1.54, 1.807) is 7.11 Å². The van der Waals surface area contributed by atoms with E-state index in [4.69, 9.17) is 9.47 Å². The predicted octanol–water partition coefficient (Wildman–Crippen LogP) is 2.73. The number of carbonyl (C=O) groups is 2. The number of fused-ring (bicyclic) bond motifs is 1. The van der Waals surface area contributed by atoms with Crippen LogP contribution >= 0.6 is 0 Å². The summed E-state index contributed by atoms with van der Waals surface area (Å²) < 4.78 is 10.2. The van der Waals surface area contributed by atoms with Crippen LogP contribution < -0.4 is 4.74 Å². The molecular weight excluding hydrogens is 280 g/mol. The van der Waals surface area contributed by atoms with E-state index in [1.165, 1.54) is 13.2 Å². The molecule has 0 radical (unpaired) electrons. The van der Waals surface area contributed by atoms with Crippen LogP contribution in [0.5, 0.6) is 5.75 Å². The van der Waals surface area contributed by atoms with Gasteiger partial charge in [0.1, 0.15) is 5.75 Å². The molecule has 116 valence electrons. The van der Waals surface area contributed by atoms with Crippen LogP contribution in [-0.2, 0) is 14.3 Å². The normalized spacial score (nSPS) is 33.6. The number of hydrogen-bond donors (Lipinski definition) is 0. The van der Waals surface area contributed by atoms with Gasteiger partial charge in [0, 0.05) is 23.3 Å². The average Bonchev–Trinajstić information content (AvgIpc) is 2.51. The second kappa shape index (κ2) is 4.97. The van der Waals surface area contributed by atoms with Crippen LogP contribution in [0.25, 0.3) is 0 Å². The number of carbonyl (C=O) groups excluding carboxylic acids is 2. The monoisotopic (exact) mass is 300 g/mol. The van der Waals surface area contributed by atoms with Crippen molar-refractivity contribution >= 4 is 11.6 Å². The van der Waals surface area contributed by atoms with Crippen molar-refractivity contribution in [1.29, 1.82) is 0 Å². The van der Waals surface area contributed by atoms with Crippen molar-refractivity contribution in [3.8, 4) is 5.75 Å². The molecule has 2 aliphatic rings. The van der Waals surface area contributed by atoms with E-state index >= 15 is 0 Å².